The number of hydrogen-bond donors (Lipinski definition) is 3. The summed E-state index contributed by atoms with van der Waals surface area (Å²) in [5.41, 5.74) is 8.32. The summed E-state index contributed by atoms with van der Waals surface area (Å²) in [6.07, 6.45) is 4.85. The molecule has 1 aromatic carbocycles. The first-order chi connectivity index (χ1) is 11.7. The molecule has 5 nitrogen and oxygen atoms in total. The Morgan fingerprint density at radius 1 is 1.04 bits per heavy atom. The van der Waals surface area contributed by atoms with Gasteiger partial charge in [-0.2, -0.15) is 0 Å². The number of rotatable bonds is 4. The highest BCUT2D eigenvalue weighted by molar-refractivity contribution is 7.80. The lowest BCUT2D eigenvalue weighted by Gasteiger charge is -2.23. The van der Waals surface area contributed by atoms with E-state index in [1.165, 1.54) is 24.0 Å². The Kier molecular flexibility index (Phi) is 6.53. The first-order valence-corrected chi connectivity index (χ1v) is 9.17. The number of hydrazine groups is 1. The quantitative estimate of drug-likeness (QED) is 0.437. The fourth-order valence-corrected chi connectivity index (χ4v) is 3.20. The molecule has 0 aromatic heterocycles. The van der Waals surface area contributed by atoms with E-state index in [0.717, 1.165) is 12.8 Å². The van der Waals surface area contributed by atoms with E-state index in [4.69, 9.17) is 12.2 Å². The summed E-state index contributed by atoms with van der Waals surface area (Å²) in [5, 5.41) is 3.38. The van der Waals surface area contributed by atoms with Crippen molar-refractivity contribution in [1.29, 1.82) is 0 Å². The molecule has 0 bridgehead atoms. The van der Waals surface area contributed by atoms with E-state index in [1.807, 2.05) is 32.9 Å². The van der Waals surface area contributed by atoms with Gasteiger partial charge in [0, 0.05) is 23.9 Å². The van der Waals surface area contributed by atoms with Crippen LogP contribution in [0.15, 0.2) is 18.2 Å². The van der Waals surface area contributed by atoms with Crippen LogP contribution in [-0.4, -0.2) is 22.3 Å². The third-order valence-corrected chi connectivity index (χ3v) is 4.26. The van der Waals surface area contributed by atoms with Gasteiger partial charge in [0.2, 0.25) is 5.91 Å². The van der Waals surface area contributed by atoms with Crippen LogP contribution in [0.3, 0.4) is 0 Å². The minimum atomic E-state index is -0.260. The van der Waals surface area contributed by atoms with Gasteiger partial charge in [0.1, 0.15) is 0 Å². The Balaban J connectivity index is 1.78. The van der Waals surface area contributed by atoms with Crippen molar-refractivity contribution in [3.63, 3.8) is 0 Å². The molecule has 0 saturated carbocycles. The lowest BCUT2D eigenvalue weighted by molar-refractivity contribution is -0.121. The van der Waals surface area contributed by atoms with Crippen LogP contribution < -0.4 is 16.2 Å². The van der Waals surface area contributed by atoms with Gasteiger partial charge in [0.25, 0.3) is 0 Å². The first-order valence-electron chi connectivity index (χ1n) is 8.76. The van der Waals surface area contributed by atoms with Crippen molar-refractivity contribution in [1.82, 2.24) is 16.2 Å². The second-order valence-corrected chi connectivity index (χ2v) is 7.90. The number of ketones is 1. The molecule has 1 aliphatic carbocycles. The molecule has 0 atom stereocenters. The van der Waals surface area contributed by atoms with Crippen molar-refractivity contribution in [2.24, 2.45) is 0 Å². The normalized spacial score (nSPS) is 13.6. The number of fused-ring (bicyclic) bond motifs is 1. The Hall–Kier alpha value is -1.95. The molecule has 0 aliphatic heterocycles. The van der Waals surface area contributed by atoms with Gasteiger partial charge >= 0.3 is 0 Å². The highest BCUT2D eigenvalue weighted by Gasteiger charge is 2.15. The zero-order valence-corrected chi connectivity index (χ0v) is 16.0. The molecular weight excluding hydrogens is 334 g/mol. The van der Waals surface area contributed by atoms with Gasteiger partial charge in [-0.15, -0.1) is 0 Å². The number of thiocarbonyl (C=S) groups is 1. The van der Waals surface area contributed by atoms with E-state index in [2.05, 4.69) is 22.2 Å². The van der Waals surface area contributed by atoms with E-state index in [0.29, 0.717) is 10.7 Å². The molecule has 25 heavy (non-hydrogen) atoms. The maximum Gasteiger partial charge on any atom is 0.238 e. The van der Waals surface area contributed by atoms with Gasteiger partial charge in [0.05, 0.1) is 0 Å². The van der Waals surface area contributed by atoms with Gasteiger partial charge in [-0.3, -0.25) is 20.4 Å². The van der Waals surface area contributed by atoms with E-state index in [9.17, 15) is 9.59 Å². The molecule has 1 amide bonds. The minimum absolute atomic E-state index is 0.00100. The average Bonchev–Trinajstić information content (AvgIpc) is 2.56. The lowest BCUT2D eigenvalue weighted by Crippen LogP contribution is -2.52. The van der Waals surface area contributed by atoms with Gasteiger partial charge in [0.15, 0.2) is 10.9 Å². The maximum absolute atomic E-state index is 12.3. The number of hydrogen-bond acceptors (Lipinski definition) is 3. The summed E-state index contributed by atoms with van der Waals surface area (Å²) < 4.78 is 0. The van der Waals surface area contributed by atoms with Gasteiger partial charge in [-0.1, -0.05) is 12.1 Å². The molecule has 3 N–H and O–H groups in total. The Morgan fingerprint density at radius 3 is 2.40 bits per heavy atom. The van der Waals surface area contributed by atoms with Gasteiger partial charge in [-0.25, -0.2) is 0 Å². The lowest BCUT2D eigenvalue weighted by atomic mass is 9.89. The number of Topliss-reactive ketones (excluding diaryl/α,β-unsaturated/α-hetero) is 1. The summed E-state index contributed by atoms with van der Waals surface area (Å²) in [7, 11) is 0. The van der Waals surface area contributed by atoms with Crippen LogP contribution in [0.4, 0.5) is 0 Å². The molecule has 0 radical (unpaired) electrons. The Morgan fingerprint density at radius 2 is 1.72 bits per heavy atom. The molecule has 0 fully saturated rings. The van der Waals surface area contributed by atoms with Crippen molar-refractivity contribution in [3.05, 3.63) is 34.9 Å². The maximum atomic E-state index is 12.3. The predicted octanol–water partition coefficient (Wildman–Crippen LogP) is 2.82. The second kappa shape index (κ2) is 8.43. The largest absolute Gasteiger partial charge is 0.357 e. The van der Waals surface area contributed by atoms with Crippen LogP contribution in [0.2, 0.25) is 0 Å². The van der Waals surface area contributed by atoms with Gasteiger partial charge < -0.3 is 5.32 Å². The van der Waals surface area contributed by atoms with Crippen molar-refractivity contribution in [2.75, 3.05) is 0 Å². The van der Waals surface area contributed by atoms with E-state index >= 15 is 0 Å². The molecule has 0 spiro atoms. The Bertz CT molecular complexity index is 665. The number of aryl methyl sites for hydroxylation is 2. The Labute approximate surface area is 154 Å². The van der Waals surface area contributed by atoms with Crippen molar-refractivity contribution < 1.29 is 9.59 Å². The summed E-state index contributed by atoms with van der Waals surface area (Å²) in [6, 6.07) is 5.93. The summed E-state index contributed by atoms with van der Waals surface area (Å²) in [4.78, 5) is 24.2. The molecule has 1 aromatic rings. The summed E-state index contributed by atoms with van der Waals surface area (Å²) in [6.45, 7) is 5.92. The number of nitrogens with one attached hydrogen (secondary N) is 3. The molecule has 6 heteroatoms. The highest BCUT2D eigenvalue weighted by Crippen LogP contribution is 2.22. The zero-order chi connectivity index (χ0) is 18.4. The molecule has 136 valence electrons. The SMILES string of the molecule is CC(C)(C)NC(=S)NNC(=O)CCC(=O)c1ccc2c(c1)CCCC2. The van der Waals surface area contributed by atoms with Crippen LogP contribution in [-0.2, 0) is 17.6 Å². The van der Waals surface area contributed by atoms with Crippen molar-refractivity contribution in [2.45, 2.75) is 64.8 Å². The van der Waals surface area contributed by atoms with Crippen LogP contribution in [0.25, 0.3) is 0 Å². The standard InChI is InChI=1S/C19H27N3O2S/c1-19(2,3)20-18(25)22-21-17(24)11-10-16(23)15-9-8-13-6-4-5-7-14(13)12-15/h8-9,12H,4-7,10-11H2,1-3H3,(H,21,24)(H2,20,22,25). The smallest absolute Gasteiger partial charge is 0.238 e. The van der Waals surface area contributed by atoms with Crippen LogP contribution in [0.5, 0.6) is 0 Å². The average molecular weight is 362 g/mol. The van der Waals surface area contributed by atoms with Crippen molar-refractivity contribution >= 4 is 29.0 Å². The highest BCUT2D eigenvalue weighted by atomic mass is 32.1. The van der Waals surface area contributed by atoms with Crippen LogP contribution >= 0.6 is 12.2 Å². The van der Waals surface area contributed by atoms with Crippen molar-refractivity contribution in [3.8, 4) is 0 Å². The van der Waals surface area contributed by atoms with Crippen LogP contribution in [0, 0.1) is 0 Å². The minimum Gasteiger partial charge on any atom is -0.357 e. The molecule has 0 heterocycles. The topological polar surface area (TPSA) is 70.2 Å². The molecule has 1 aliphatic rings. The molecular formula is C19H27N3O2S. The summed E-state index contributed by atoms with van der Waals surface area (Å²) >= 11 is 5.09. The summed E-state index contributed by atoms with van der Waals surface area (Å²) in [5.74, 6) is -0.261. The molecule has 0 unspecified atom stereocenters. The number of amides is 1. The third-order valence-electron chi connectivity index (χ3n) is 4.05. The van der Waals surface area contributed by atoms with E-state index in [-0.39, 0.29) is 30.1 Å². The predicted molar refractivity (Wildman–Crippen MR) is 103 cm³/mol. The monoisotopic (exact) mass is 361 g/mol. The number of carbonyl (C=O) groups excluding carboxylic acids is 2. The first kappa shape index (κ1) is 19.4. The number of carbonyl (C=O) groups is 2. The fraction of sp³-hybridized carbons (Fsp3) is 0.526. The van der Waals surface area contributed by atoms with E-state index < -0.39 is 0 Å². The zero-order valence-electron chi connectivity index (χ0n) is 15.2. The number of benzene rings is 1. The third kappa shape index (κ3) is 6.46. The van der Waals surface area contributed by atoms with Gasteiger partial charge in [-0.05, 0) is 75.9 Å². The van der Waals surface area contributed by atoms with E-state index in [1.54, 1.807) is 0 Å². The molecule has 0 saturated heterocycles. The second-order valence-electron chi connectivity index (χ2n) is 7.49. The van der Waals surface area contributed by atoms with Crippen LogP contribution in [0.1, 0.15) is 67.9 Å². The molecule has 2 rings (SSSR count). The fourth-order valence-electron chi connectivity index (χ4n) is 2.84.